The van der Waals surface area contributed by atoms with Crippen LogP contribution < -0.4 is 5.32 Å². The lowest BCUT2D eigenvalue weighted by Gasteiger charge is -2.10. The van der Waals surface area contributed by atoms with Gasteiger partial charge >= 0.3 is 0 Å². The Bertz CT molecular complexity index is 536. The van der Waals surface area contributed by atoms with Crippen LogP contribution >= 0.6 is 0 Å². The van der Waals surface area contributed by atoms with Gasteiger partial charge in [0.05, 0.1) is 5.52 Å². The number of hydrogen-bond acceptors (Lipinski definition) is 3. The fraction of sp³-hybridized carbons (Fsp3) is 0.286. The Balaban J connectivity index is 2.33. The van der Waals surface area contributed by atoms with Gasteiger partial charge in [0, 0.05) is 29.6 Å². The molecule has 2 rings (SSSR count). The zero-order valence-electron chi connectivity index (χ0n) is 10.1. The first-order chi connectivity index (χ1) is 8.22. The van der Waals surface area contributed by atoms with Gasteiger partial charge in [0.15, 0.2) is 5.78 Å². The monoisotopic (exact) mass is 228 g/mol. The van der Waals surface area contributed by atoms with E-state index in [1.54, 1.807) is 6.20 Å². The number of aromatic nitrogens is 1. The summed E-state index contributed by atoms with van der Waals surface area (Å²) in [4.78, 5) is 16.4. The Morgan fingerprint density at radius 1 is 1.41 bits per heavy atom. The van der Waals surface area contributed by atoms with Crippen LogP contribution in [-0.2, 0) is 0 Å². The molecule has 1 aromatic carbocycles. The minimum atomic E-state index is -0.00544. The molecule has 88 valence electrons. The maximum absolute atomic E-state index is 12.1. The molecule has 3 heteroatoms. The number of fused-ring (bicyclic) bond motifs is 1. The topological polar surface area (TPSA) is 42.0 Å². The lowest BCUT2D eigenvalue weighted by Crippen LogP contribution is -2.23. The van der Waals surface area contributed by atoms with Crippen LogP contribution in [0.2, 0.25) is 0 Å². The molecule has 1 heterocycles. The summed E-state index contributed by atoms with van der Waals surface area (Å²) in [6, 6.07) is 9.52. The predicted octanol–water partition coefficient (Wildman–Crippen LogP) is 2.27. The van der Waals surface area contributed by atoms with Gasteiger partial charge in [0.1, 0.15) is 0 Å². The molecule has 0 amide bonds. The molecule has 0 aliphatic heterocycles. The number of benzene rings is 1. The number of carbonyl (C=O) groups excluding carboxylic acids is 1. The number of ketones is 1. The van der Waals surface area contributed by atoms with Crippen molar-refractivity contribution >= 4 is 16.7 Å². The molecule has 0 aliphatic rings. The van der Waals surface area contributed by atoms with Crippen molar-refractivity contribution in [3.8, 4) is 0 Å². The van der Waals surface area contributed by atoms with Crippen molar-refractivity contribution in [1.82, 2.24) is 10.3 Å². The number of rotatable bonds is 4. The highest BCUT2D eigenvalue weighted by atomic mass is 16.1. The number of carbonyl (C=O) groups is 1. The minimum absolute atomic E-state index is 0.00544. The second-order valence-corrected chi connectivity index (χ2v) is 4.23. The lowest BCUT2D eigenvalue weighted by atomic mass is 9.98. The van der Waals surface area contributed by atoms with Gasteiger partial charge in [-0.05, 0) is 31.3 Å². The summed E-state index contributed by atoms with van der Waals surface area (Å²) in [6.07, 6.45) is 1.76. The van der Waals surface area contributed by atoms with E-state index in [9.17, 15) is 4.79 Å². The molecule has 0 aliphatic carbocycles. The van der Waals surface area contributed by atoms with Crippen LogP contribution in [0.1, 0.15) is 17.3 Å². The molecule has 3 nitrogen and oxygen atoms in total. The smallest absolute Gasteiger partial charge is 0.166 e. The van der Waals surface area contributed by atoms with Gasteiger partial charge in [-0.15, -0.1) is 0 Å². The van der Waals surface area contributed by atoms with Crippen molar-refractivity contribution in [3.05, 3.63) is 42.1 Å². The average Bonchev–Trinajstić information content (AvgIpc) is 2.37. The number of hydrogen-bond donors (Lipinski definition) is 1. The third kappa shape index (κ3) is 2.50. The number of nitrogens with one attached hydrogen (secondary N) is 1. The van der Waals surface area contributed by atoms with E-state index >= 15 is 0 Å². The largest absolute Gasteiger partial charge is 0.319 e. The zero-order valence-corrected chi connectivity index (χ0v) is 10.1. The summed E-state index contributed by atoms with van der Waals surface area (Å²) in [5.74, 6) is 0.166. The second-order valence-electron chi connectivity index (χ2n) is 4.23. The summed E-state index contributed by atoms with van der Waals surface area (Å²) < 4.78 is 0. The third-order valence-electron chi connectivity index (χ3n) is 2.85. The second kappa shape index (κ2) is 5.06. The summed E-state index contributed by atoms with van der Waals surface area (Å²) in [7, 11) is 1.86. The molecule has 0 spiro atoms. The van der Waals surface area contributed by atoms with Gasteiger partial charge in [-0.25, -0.2) is 0 Å². The molecule has 1 unspecified atom stereocenters. The molecule has 1 N–H and O–H groups in total. The van der Waals surface area contributed by atoms with Crippen LogP contribution in [0.4, 0.5) is 0 Å². The highest BCUT2D eigenvalue weighted by Gasteiger charge is 2.14. The van der Waals surface area contributed by atoms with E-state index in [1.165, 1.54) is 0 Å². The number of pyridine rings is 1. The van der Waals surface area contributed by atoms with Crippen molar-refractivity contribution < 1.29 is 4.79 Å². The van der Waals surface area contributed by atoms with Crippen LogP contribution in [0, 0.1) is 5.92 Å². The van der Waals surface area contributed by atoms with E-state index in [4.69, 9.17) is 0 Å². The standard InChI is InChI=1S/C14H16N2O/c1-10(9-15-2)14(17)12-5-6-13-11(8-12)4-3-7-16-13/h3-8,10,15H,9H2,1-2H3. The van der Waals surface area contributed by atoms with E-state index in [0.717, 1.165) is 16.5 Å². The zero-order chi connectivity index (χ0) is 12.3. The molecular weight excluding hydrogens is 212 g/mol. The Kier molecular flexibility index (Phi) is 3.49. The van der Waals surface area contributed by atoms with E-state index in [-0.39, 0.29) is 11.7 Å². The van der Waals surface area contributed by atoms with E-state index in [1.807, 2.05) is 44.3 Å². The Morgan fingerprint density at radius 3 is 3.00 bits per heavy atom. The first kappa shape index (κ1) is 11.7. The van der Waals surface area contributed by atoms with Gasteiger partial charge in [0.2, 0.25) is 0 Å². The van der Waals surface area contributed by atoms with Crippen molar-refractivity contribution in [2.45, 2.75) is 6.92 Å². The molecule has 0 saturated heterocycles. The lowest BCUT2D eigenvalue weighted by molar-refractivity contribution is 0.0930. The van der Waals surface area contributed by atoms with Crippen LogP contribution in [0.15, 0.2) is 36.5 Å². The van der Waals surface area contributed by atoms with Gasteiger partial charge < -0.3 is 5.32 Å². The van der Waals surface area contributed by atoms with Gasteiger partial charge in [-0.3, -0.25) is 9.78 Å². The van der Waals surface area contributed by atoms with Crippen LogP contribution in [0.25, 0.3) is 10.9 Å². The molecule has 17 heavy (non-hydrogen) atoms. The molecule has 0 radical (unpaired) electrons. The number of Topliss-reactive ketones (excluding diaryl/α,β-unsaturated/α-hetero) is 1. The number of nitrogens with zero attached hydrogens (tertiary/aromatic N) is 1. The van der Waals surface area contributed by atoms with E-state index in [0.29, 0.717) is 6.54 Å². The normalized spacial score (nSPS) is 12.6. The van der Waals surface area contributed by atoms with Crippen LogP contribution in [-0.4, -0.2) is 24.4 Å². The van der Waals surface area contributed by atoms with Crippen molar-refractivity contribution in [2.24, 2.45) is 5.92 Å². The summed E-state index contributed by atoms with van der Waals surface area (Å²) in [5.41, 5.74) is 1.68. The molecule has 1 aromatic heterocycles. The summed E-state index contributed by atoms with van der Waals surface area (Å²) in [6.45, 7) is 2.64. The van der Waals surface area contributed by atoms with Gasteiger partial charge in [-0.2, -0.15) is 0 Å². The Labute approximate surface area is 101 Å². The molecule has 2 aromatic rings. The predicted molar refractivity (Wildman–Crippen MR) is 69.2 cm³/mol. The molecule has 0 saturated carbocycles. The molecule has 0 fully saturated rings. The molecule has 1 atom stereocenters. The van der Waals surface area contributed by atoms with Crippen molar-refractivity contribution in [1.29, 1.82) is 0 Å². The Hall–Kier alpha value is -1.74. The van der Waals surface area contributed by atoms with Crippen LogP contribution in [0.3, 0.4) is 0 Å². The van der Waals surface area contributed by atoms with E-state index < -0.39 is 0 Å². The average molecular weight is 228 g/mol. The summed E-state index contributed by atoms with van der Waals surface area (Å²) in [5, 5.41) is 4.03. The highest BCUT2D eigenvalue weighted by molar-refractivity contribution is 6.00. The Morgan fingerprint density at radius 2 is 2.24 bits per heavy atom. The molecular formula is C14H16N2O. The maximum atomic E-state index is 12.1. The van der Waals surface area contributed by atoms with Gasteiger partial charge in [0.25, 0.3) is 0 Å². The van der Waals surface area contributed by atoms with Gasteiger partial charge in [-0.1, -0.05) is 13.0 Å². The van der Waals surface area contributed by atoms with E-state index in [2.05, 4.69) is 10.3 Å². The maximum Gasteiger partial charge on any atom is 0.166 e. The first-order valence-corrected chi connectivity index (χ1v) is 5.76. The summed E-state index contributed by atoms with van der Waals surface area (Å²) >= 11 is 0. The molecule has 0 bridgehead atoms. The fourth-order valence-electron chi connectivity index (χ4n) is 1.91. The third-order valence-corrected chi connectivity index (χ3v) is 2.85. The van der Waals surface area contributed by atoms with Crippen LogP contribution in [0.5, 0.6) is 0 Å². The first-order valence-electron chi connectivity index (χ1n) is 5.76. The van der Waals surface area contributed by atoms with Crippen molar-refractivity contribution in [3.63, 3.8) is 0 Å². The fourth-order valence-corrected chi connectivity index (χ4v) is 1.91. The quantitative estimate of drug-likeness (QED) is 0.816. The minimum Gasteiger partial charge on any atom is -0.319 e. The van der Waals surface area contributed by atoms with Crippen molar-refractivity contribution in [2.75, 3.05) is 13.6 Å². The highest BCUT2D eigenvalue weighted by Crippen LogP contribution is 2.16. The SMILES string of the molecule is CNCC(C)C(=O)c1ccc2ncccc2c1.